The molecule has 3 rings (SSSR count). The lowest BCUT2D eigenvalue weighted by atomic mass is 10.1. The summed E-state index contributed by atoms with van der Waals surface area (Å²) in [6.45, 7) is 2.05. The molecule has 0 unspecified atom stereocenters. The number of hydrogen-bond acceptors (Lipinski definition) is 5. The fraction of sp³-hybridized carbons (Fsp3) is 0.188. The first-order valence-electron chi connectivity index (χ1n) is 7.03. The van der Waals surface area contributed by atoms with Gasteiger partial charge in [0.1, 0.15) is 0 Å². The van der Waals surface area contributed by atoms with Crippen LogP contribution in [-0.4, -0.2) is 25.6 Å². The summed E-state index contributed by atoms with van der Waals surface area (Å²) in [4.78, 5) is 4.02. The standard InChI is InChI=1S/C16H17N5S/c1-12-2-4-14(5-3-12)15-19-20-16(21(15)17)22-11-8-13-6-9-18-10-7-13/h2-7,9-10H,8,11,17H2,1H3. The summed E-state index contributed by atoms with van der Waals surface area (Å²) in [7, 11) is 0. The molecular formula is C16H17N5S. The first-order valence-corrected chi connectivity index (χ1v) is 8.02. The van der Waals surface area contributed by atoms with Crippen LogP contribution in [0.25, 0.3) is 11.4 Å². The highest BCUT2D eigenvalue weighted by molar-refractivity contribution is 7.99. The number of pyridine rings is 1. The number of aromatic nitrogens is 4. The lowest BCUT2D eigenvalue weighted by Crippen LogP contribution is -2.11. The average Bonchev–Trinajstić information content (AvgIpc) is 2.90. The van der Waals surface area contributed by atoms with E-state index in [-0.39, 0.29) is 0 Å². The zero-order valence-electron chi connectivity index (χ0n) is 12.3. The van der Waals surface area contributed by atoms with Crippen molar-refractivity contribution in [1.82, 2.24) is 19.9 Å². The van der Waals surface area contributed by atoms with Gasteiger partial charge in [-0.15, -0.1) is 10.2 Å². The number of hydrogen-bond donors (Lipinski definition) is 1. The van der Waals surface area contributed by atoms with Crippen LogP contribution in [0.4, 0.5) is 0 Å². The van der Waals surface area contributed by atoms with E-state index in [4.69, 9.17) is 5.84 Å². The minimum absolute atomic E-state index is 0.686. The predicted molar refractivity (Wildman–Crippen MR) is 89.0 cm³/mol. The fourth-order valence-corrected chi connectivity index (χ4v) is 2.93. The van der Waals surface area contributed by atoms with Gasteiger partial charge < -0.3 is 5.84 Å². The van der Waals surface area contributed by atoms with Gasteiger partial charge in [-0.25, -0.2) is 4.68 Å². The Kier molecular flexibility index (Phi) is 4.39. The van der Waals surface area contributed by atoms with Crippen LogP contribution >= 0.6 is 11.8 Å². The Bertz CT molecular complexity index is 737. The monoisotopic (exact) mass is 311 g/mol. The van der Waals surface area contributed by atoms with Crippen molar-refractivity contribution in [2.24, 2.45) is 0 Å². The van der Waals surface area contributed by atoms with E-state index in [0.717, 1.165) is 22.9 Å². The van der Waals surface area contributed by atoms with Gasteiger partial charge in [0.25, 0.3) is 0 Å². The maximum Gasteiger partial charge on any atom is 0.210 e. The van der Waals surface area contributed by atoms with E-state index in [1.54, 1.807) is 28.8 Å². The van der Waals surface area contributed by atoms with Gasteiger partial charge in [0, 0.05) is 23.7 Å². The molecule has 0 saturated heterocycles. The van der Waals surface area contributed by atoms with Gasteiger partial charge in [0.2, 0.25) is 5.16 Å². The molecule has 0 aliphatic heterocycles. The zero-order valence-corrected chi connectivity index (χ0v) is 13.1. The largest absolute Gasteiger partial charge is 0.335 e. The fourth-order valence-electron chi connectivity index (χ4n) is 2.08. The molecular weight excluding hydrogens is 294 g/mol. The summed E-state index contributed by atoms with van der Waals surface area (Å²) >= 11 is 1.60. The van der Waals surface area contributed by atoms with Crippen LogP contribution in [-0.2, 0) is 6.42 Å². The summed E-state index contributed by atoms with van der Waals surface area (Å²) in [6, 6.07) is 12.1. The highest BCUT2D eigenvalue weighted by atomic mass is 32.2. The quantitative estimate of drug-likeness (QED) is 0.579. The van der Waals surface area contributed by atoms with Crippen LogP contribution in [0.15, 0.2) is 53.9 Å². The van der Waals surface area contributed by atoms with E-state index >= 15 is 0 Å². The van der Waals surface area contributed by atoms with Crippen LogP contribution in [0.2, 0.25) is 0 Å². The van der Waals surface area contributed by atoms with Crippen molar-refractivity contribution < 1.29 is 0 Å². The number of thioether (sulfide) groups is 1. The molecule has 0 radical (unpaired) electrons. The highest BCUT2D eigenvalue weighted by Crippen LogP contribution is 2.22. The van der Waals surface area contributed by atoms with Crippen molar-refractivity contribution in [2.45, 2.75) is 18.5 Å². The summed E-state index contributed by atoms with van der Waals surface area (Å²) < 4.78 is 1.56. The first-order chi connectivity index (χ1) is 10.7. The number of nitrogen functional groups attached to an aromatic ring is 1. The summed E-state index contributed by atoms with van der Waals surface area (Å²) in [5.74, 6) is 7.70. The third-order valence-electron chi connectivity index (χ3n) is 3.35. The van der Waals surface area contributed by atoms with Crippen LogP contribution in [0, 0.1) is 6.92 Å². The van der Waals surface area contributed by atoms with Crippen LogP contribution in [0.5, 0.6) is 0 Å². The summed E-state index contributed by atoms with van der Waals surface area (Å²) in [6.07, 6.45) is 4.56. The Morgan fingerprint density at radius 3 is 2.50 bits per heavy atom. The molecule has 0 atom stereocenters. The second kappa shape index (κ2) is 6.62. The van der Waals surface area contributed by atoms with E-state index in [1.807, 2.05) is 36.4 Å². The number of rotatable bonds is 5. The van der Waals surface area contributed by atoms with Crippen molar-refractivity contribution in [3.05, 3.63) is 59.9 Å². The second-order valence-electron chi connectivity index (χ2n) is 5.00. The predicted octanol–water partition coefficient (Wildman–Crippen LogP) is 2.70. The van der Waals surface area contributed by atoms with Crippen molar-refractivity contribution in [1.29, 1.82) is 0 Å². The maximum absolute atomic E-state index is 6.11. The van der Waals surface area contributed by atoms with Gasteiger partial charge in [0.05, 0.1) is 0 Å². The molecule has 1 aromatic carbocycles. The number of nitrogens with two attached hydrogens (primary N) is 1. The normalized spacial score (nSPS) is 10.8. The molecule has 0 amide bonds. The average molecular weight is 311 g/mol. The molecule has 2 heterocycles. The SMILES string of the molecule is Cc1ccc(-c2nnc(SCCc3ccncc3)n2N)cc1. The minimum Gasteiger partial charge on any atom is -0.335 e. The summed E-state index contributed by atoms with van der Waals surface area (Å²) in [5.41, 5.74) is 3.43. The van der Waals surface area contributed by atoms with E-state index in [2.05, 4.69) is 22.1 Å². The molecule has 2 aromatic heterocycles. The topological polar surface area (TPSA) is 69.6 Å². The molecule has 0 bridgehead atoms. The van der Waals surface area contributed by atoms with Crippen molar-refractivity contribution in [3.63, 3.8) is 0 Å². The Hall–Kier alpha value is -2.34. The Balaban J connectivity index is 1.67. The van der Waals surface area contributed by atoms with Gasteiger partial charge in [0.15, 0.2) is 5.82 Å². The molecule has 3 aromatic rings. The Labute approximate surface area is 133 Å². The number of aryl methyl sites for hydroxylation is 2. The third kappa shape index (κ3) is 3.28. The second-order valence-corrected chi connectivity index (χ2v) is 6.06. The van der Waals surface area contributed by atoms with Crippen molar-refractivity contribution >= 4 is 11.8 Å². The maximum atomic E-state index is 6.11. The van der Waals surface area contributed by atoms with E-state index in [9.17, 15) is 0 Å². The van der Waals surface area contributed by atoms with Crippen LogP contribution in [0.3, 0.4) is 0 Å². The van der Waals surface area contributed by atoms with Gasteiger partial charge >= 0.3 is 0 Å². The molecule has 0 fully saturated rings. The number of nitrogens with zero attached hydrogens (tertiary/aromatic N) is 4. The molecule has 6 heteroatoms. The van der Waals surface area contributed by atoms with Crippen LogP contribution in [0.1, 0.15) is 11.1 Å². The minimum atomic E-state index is 0.686. The lowest BCUT2D eigenvalue weighted by Gasteiger charge is -2.04. The molecule has 2 N–H and O–H groups in total. The molecule has 22 heavy (non-hydrogen) atoms. The van der Waals surface area contributed by atoms with E-state index < -0.39 is 0 Å². The Morgan fingerprint density at radius 2 is 1.77 bits per heavy atom. The van der Waals surface area contributed by atoms with E-state index in [1.165, 1.54) is 11.1 Å². The van der Waals surface area contributed by atoms with Crippen molar-refractivity contribution in [3.8, 4) is 11.4 Å². The van der Waals surface area contributed by atoms with Gasteiger partial charge in [-0.1, -0.05) is 41.6 Å². The van der Waals surface area contributed by atoms with Gasteiger partial charge in [-0.2, -0.15) is 0 Å². The number of benzene rings is 1. The van der Waals surface area contributed by atoms with Crippen LogP contribution < -0.4 is 5.84 Å². The van der Waals surface area contributed by atoms with Gasteiger partial charge in [-0.05, 0) is 31.0 Å². The van der Waals surface area contributed by atoms with Gasteiger partial charge in [-0.3, -0.25) is 4.98 Å². The lowest BCUT2D eigenvalue weighted by molar-refractivity contribution is 0.849. The Morgan fingerprint density at radius 1 is 1.05 bits per heavy atom. The zero-order chi connectivity index (χ0) is 15.4. The first kappa shape index (κ1) is 14.6. The highest BCUT2D eigenvalue weighted by Gasteiger charge is 2.11. The van der Waals surface area contributed by atoms with E-state index in [0.29, 0.717) is 5.82 Å². The molecule has 0 saturated carbocycles. The molecule has 0 spiro atoms. The molecule has 0 aliphatic carbocycles. The molecule has 112 valence electrons. The van der Waals surface area contributed by atoms with Crippen molar-refractivity contribution in [2.75, 3.05) is 11.6 Å². The molecule has 0 aliphatic rings. The summed E-state index contributed by atoms with van der Waals surface area (Å²) in [5, 5.41) is 9.11. The smallest absolute Gasteiger partial charge is 0.210 e. The molecule has 5 nitrogen and oxygen atoms in total. The third-order valence-corrected chi connectivity index (χ3v) is 4.29.